The van der Waals surface area contributed by atoms with E-state index in [1.165, 1.54) is 6.07 Å². The first-order valence-corrected chi connectivity index (χ1v) is 11.4. The monoisotopic (exact) mass is 463 g/mol. The third kappa shape index (κ3) is 4.74. The number of rotatable bonds is 4. The maximum Gasteiger partial charge on any atom is 0.416 e. The molecule has 1 aromatic carbocycles. The lowest BCUT2D eigenvalue weighted by Crippen LogP contribution is -2.52. The molecule has 2 saturated heterocycles. The lowest BCUT2D eigenvalue weighted by atomic mass is 9.73. The van der Waals surface area contributed by atoms with Crippen LogP contribution in [0.1, 0.15) is 24.0 Å². The Balaban J connectivity index is 1.33. The van der Waals surface area contributed by atoms with Crippen LogP contribution in [-0.4, -0.2) is 66.5 Å². The van der Waals surface area contributed by atoms with Gasteiger partial charge in [0.1, 0.15) is 0 Å². The Bertz CT molecular complexity index is 972. The van der Waals surface area contributed by atoms with Gasteiger partial charge in [0.2, 0.25) is 5.91 Å². The number of likely N-dealkylation sites (tertiary alicyclic amines) is 1. The largest absolute Gasteiger partial charge is 0.416 e. The second-order valence-electron chi connectivity index (χ2n) is 8.23. The molecule has 0 N–H and O–H groups in total. The van der Waals surface area contributed by atoms with Crippen LogP contribution in [0.25, 0.3) is 0 Å². The van der Waals surface area contributed by atoms with Crippen molar-refractivity contribution in [3.8, 4) is 6.07 Å². The molecule has 0 atom stereocenters. The minimum atomic E-state index is -4.45. The Morgan fingerprint density at radius 1 is 1.16 bits per heavy atom. The average Bonchev–Trinajstić information content (AvgIpc) is 3.34. The molecule has 0 unspecified atom stereocenters. The summed E-state index contributed by atoms with van der Waals surface area (Å²) in [6.45, 7) is 4.21. The number of benzene rings is 1. The predicted molar refractivity (Wildman–Crippen MR) is 115 cm³/mol. The zero-order valence-electron chi connectivity index (χ0n) is 17.5. The van der Waals surface area contributed by atoms with Crippen LogP contribution in [0.3, 0.4) is 0 Å². The molecule has 0 saturated carbocycles. The number of nitriles is 1. The van der Waals surface area contributed by atoms with Gasteiger partial charge in [-0.25, -0.2) is 4.98 Å². The molecule has 2 aromatic rings. The Labute approximate surface area is 188 Å². The molecule has 10 heteroatoms. The smallest absolute Gasteiger partial charge is 0.346 e. The maximum absolute atomic E-state index is 13.1. The predicted octanol–water partition coefficient (Wildman–Crippen LogP) is 3.37. The number of halogens is 3. The second kappa shape index (κ2) is 9.08. The molecule has 0 spiro atoms. The molecule has 2 fully saturated rings. The van der Waals surface area contributed by atoms with Crippen LogP contribution < -0.4 is 4.90 Å². The van der Waals surface area contributed by atoms with Crippen molar-refractivity contribution in [1.82, 2.24) is 14.8 Å². The Morgan fingerprint density at radius 3 is 2.47 bits per heavy atom. The van der Waals surface area contributed by atoms with E-state index in [-0.39, 0.29) is 5.91 Å². The lowest BCUT2D eigenvalue weighted by Gasteiger charge is -2.39. The zero-order chi connectivity index (χ0) is 22.8. The van der Waals surface area contributed by atoms with Crippen molar-refractivity contribution in [2.45, 2.75) is 24.4 Å². The van der Waals surface area contributed by atoms with Gasteiger partial charge in [-0.2, -0.15) is 18.4 Å². The van der Waals surface area contributed by atoms with Gasteiger partial charge in [0.15, 0.2) is 5.13 Å². The zero-order valence-corrected chi connectivity index (χ0v) is 18.3. The van der Waals surface area contributed by atoms with Gasteiger partial charge in [-0.05, 0) is 24.5 Å². The minimum absolute atomic E-state index is 0.00304. The van der Waals surface area contributed by atoms with E-state index in [4.69, 9.17) is 0 Å². The van der Waals surface area contributed by atoms with E-state index in [1.807, 2.05) is 5.38 Å². The summed E-state index contributed by atoms with van der Waals surface area (Å²) in [5.41, 5.74) is -1.38. The van der Waals surface area contributed by atoms with Crippen LogP contribution in [0.2, 0.25) is 0 Å². The van der Waals surface area contributed by atoms with Crippen molar-refractivity contribution in [2.75, 3.05) is 50.7 Å². The molecule has 1 amide bonds. The summed E-state index contributed by atoms with van der Waals surface area (Å²) in [4.78, 5) is 23.2. The first-order chi connectivity index (χ1) is 15.3. The molecule has 170 valence electrons. The number of piperazine rings is 1. The number of carbonyl (C=O) groups is 1. The van der Waals surface area contributed by atoms with Crippen LogP contribution in [0.15, 0.2) is 35.8 Å². The standard InChI is InChI=1S/C22H24F3N5OS/c23-22(24,25)18-3-1-2-17(14-18)21(16-26)4-7-29(8-5-21)19(31)15-28-9-11-30(12-10-28)20-27-6-13-32-20/h1-3,6,13-14H,4-5,7-12,15H2. The quantitative estimate of drug-likeness (QED) is 0.696. The number of thiazole rings is 1. The summed E-state index contributed by atoms with van der Waals surface area (Å²) < 4.78 is 39.3. The molecule has 6 nitrogen and oxygen atoms in total. The highest BCUT2D eigenvalue weighted by Crippen LogP contribution is 2.38. The molecule has 3 heterocycles. The number of amides is 1. The molecule has 4 rings (SSSR count). The first kappa shape index (κ1) is 22.6. The van der Waals surface area contributed by atoms with Crippen LogP contribution in [-0.2, 0) is 16.4 Å². The summed E-state index contributed by atoms with van der Waals surface area (Å²) in [6, 6.07) is 7.26. The van der Waals surface area contributed by atoms with Crippen molar-refractivity contribution in [1.29, 1.82) is 5.26 Å². The highest BCUT2D eigenvalue weighted by molar-refractivity contribution is 7.13. The van der Waals surface area contributed by atoms with Gasteiger partial charge in [-0.1, -0.05) is 18.2 Å². The number of hydrogen-bond donors (Lipinski definition) is 0. The van der Waals surface area contributed by atoms with E-state index < -0.39 is 17.2 Å². The number of alkyl halides is 3. The fourth-order valence-electron chi connectivity index (χ4n) is 4.36. The normalized spacial score (nSPS) is 19.6. The summed E-state index contributed by atoms with van der Waals surface area (Å²) in [5.74, 6) is 0.00304. The fraction of sp³-hybridized carbons (Fsp3) is 0.500. The van der Waals surface area contributed by atoms with Crippen LogP contribution in [0, 0.1) is 11.3 Å². The summed E-state index contributed by atoms with van der Waals surface area (Å²) in [6.07, 6.45) is -2.01. The van der Waals surface area contributed by atoms with E-state index in [0.29, 0.717) is 38.0 Å². The lowest BCUT2D eigenvalue weighted by molar-refractivity contribution is -0.137. The highest BCUT2D eigenvalue weighted by Gasteiger charge is 2.40. The molecule has 2 aliphatic rings. The summed E-state index contributed by atoms with van der Waals surface area (Å²) in [5, 5.41) is 12.8. The molecular formula is C22H24F3N5OS. The Kier molecular flexibility index (Phi) is 6.40. The van der Waals surface area contributed by atoms with Crippen molar-refractivity contribution < 1.29 is 18.0 Å². The van der Waals surface area contributed by atoms with Gasteiger partial charge >= 0.3 is 6.18 Å². The average molecular weight is 464 g/mol. The van der Waals surface area contributed by atoms with Crippen LogP contribution >= 0.6 is 11.3 Å². The van der Waals surface area contributed by atoms with Crippen molar-refractivity contribution in [3.05, 3.63) is 47.0 Å². The summed E-state index contributed by atoms with van der Waals surface area (Å²) in [7, 11) is 0. The Morgan fingerprint density at radius 2 is 1.88 bits per heavy atom. The van der Waals surface area contributed by atoms with E-state index in [9.17, 15) is 23.2 Å². The molecule has 32 heavy (non-hydrogen) atoms. The van der Waals surface area contributed by atoms with Gasteiger partial charge in [0.05, 0.1) is 23.6 Å². The van der Waals surface area contributed by atoms with E-state index in [0.717, 1.165) is 43.4 Å². The Hall–Kier alpha value is -2.64. The topological polar surface area (TPSA) is 63.5 Å². The third-order valence-corrected chi connectivity index (χ3v) is 7.18. The van der Waals surface area contributed by atoms with Crippen LogP contribution in [0.4, 0.5) is 18.3 Å². The highest BCUT2D eigenvalue weighted by atomic mass is 32.1. The third-order valence-electron chi connectivity index (χ3n) is 6.35. The molecule has 0 aliphatic carbocycles. The van der Waals surface area contributed by atoms with Gasteiger partial charge in [0, 0.05) is 50.8 Å². The second-order valence-corrected chi connectivity index (χ2v) is 9.10. The number of nitrogens with zero attached hydrogens (tertiary/aromatic N) is 5. The van der Waals surface area contributed by atoms with E-state index in [1.54, 1.807) is 28.5 Å². The molecular weight excluding hydrogens is 439 g/mol. The maximum atomic E-state index is 13.1. The minimum Gasteiger partial charge on any atom is -0.346 e. The number of anilines is 1. The number of aromatic nitrogens is 1. The number of hydrogen-bond acceptors (Lipinski definition) is 6. The molecule has 1 aromatic heterocycles. The van der Waals surface area contributed by atoms with Crippen molar-refractivity contribution in [3.63, 3.8) is 0 Å². The first-order valence-electron chi connectivity index (χ1n) is 10.5. The molecule has 0 radical (unpaired) electrons. The number of piperidine rings is 1. The van der Waals surface area contributed by atoms with Gasteiger partial charge in [0.25, 0.3) is 0 Å². The van der Waals surface area contributed by atoms with Gasteiger partial charge < -0.3 is 9.80 Å². The van der Waals surface area contributed by atoms with Gasteiger partial charge in [-0.15, -0.1) is 11.3 Å². The van der Waals surface area contributed by atoms with Gasteiger partial charge in [-0.3, -0.25) is 9.69 Å². The van der Waals surface area contributed by atoms with Crippen LogP contribution in [0.5, 0.6) is 0 Å². The summed E-state index contributed by atoms with van der Waals surface area (Å²) >= 11 is 1.60. The molecule has 2 aliphatic heterocycles. The fourth-order valence-corrected chi connectivity index (χ4v) is 5.05. The van der Waals surface area contributed by atoms with E-state index >= 15 is 0 Å². The van der Waals surface area contributed by atoms with Crippen molar-refractivity contribution >= 4 is 22.4 Å². The SMILES string of the molecule is N#CC1(c2cccc(C(F)(F)F)c2)CCN(C(=O)CN2CCN(c3nccs3)CC2)CC1. The number of carbonyl (C=O) groups excluding carboxylic acids is 1. The molecule has 0 bridgehead atoms. The van der Waals surface area contributed by atoms with Crippen molar-refractivity contribution in [2.24, 2.45) is 0 Å². The van der Waals surface area contributed by atoms with E-state index in [2.05, 4.69) is 20.9 Å².